The van der Waals surface area contributed by atoms with Gasteiger partial charge in [-0.05, 0) is 37.0 Å². The summed E-state index contributed by atoms with van der Waals surface area (Å²) in [4.78, 5) is 12.0. The first-order chi connectivity index (χ1) is 8.04. The molecule has 1 aromatic carbocycles. The fraction of sp³-hybridized carbons (Fsp3) is 0.462. The zero-order chi connectivity index (χ0) is 12.8. The van der Waals surface area contributed by atoms with Crippen molar-refractivity contribution in [2.24, 2.45) is 5.92 Å². The second-order valence-corrected chi connectivity index (χ2v) is 5.96. The first-order valence-electron chi connectivity index (χ1n) is 5.65. The third kappa shape index (κ3) is 4.80. The maximum absolute atomic E-state index is 12.0. The summed E-state index contributed by atoms with van der Waals surface area (Å²) in [7, 11) is 0. The molecule has 0 aromatic heterocycles. The number of amides is 1. The van der Waals surface area contributed by atoms with Gasteiger partial charge < -0.3 is 5.32 Å². The van der Waals surface area contributed by atoms with E-state index >= 15 is 0 Å². The molecule has 1 amide bonds. The van der Waals surface area contributed by atoms with Crippen molar-refractivity contribution in [2.75, 3.05) is 11.9 Å². The number of aryl methyl sites for hydroxylation is 1. The van der Waals surface area contributed by atoms with Crippen molar-refractivity contribution in [3.8, 4) is 0 Å². The van der Waals surface area contributed by atoms with Crippen molar-refractivity contribution < 1.29 is 4.79 Å². The van der Waals surface area contributed by atoms with E-state index in [1.165, 1.54) is 0 Å². The number of hydrogen-bond acceptors (Lipinski definition) is 1. The molecule has 0 fully saturated rings. The standard InChI is InChI=1S/C13H17Br2NO/c1-9(5-6-14)8-16-13(17)12-7-11(15)4-3-10(12)2/h3-4,7,9H,5-6,8H2,1-2H3,(H,16,17). The summed E-state index contributed by atoms with van der Waals surface area (Å²) in [5, 5.41) is 3.94. The van der Waals surface area contributed by atoms with Crippen LogP contribution in [0.5, 0.6) is 0 Å². The predicted octanol–water partition coefficient (Wildman–Crippen LogP) is 3.91. The molecule has 2 nitrogen and oxygen atoms in total. The molecule has 0 heterocycles. The van der Waals surface area contributed by atoms with Gasteiger partial charge in [0, 0.05) is 21.9 Å². The van der Waals surface area contributed by atoms with Gasteiger partial charge in [0.25, 0.3) is 5.91 Å². The number of hydrogen-bond donors (Lipinski definition) is 1. The monoisotopic (exact) mass is 361 g/mol. The lowest BCUT2D eigenvalue weighted by Gasteiger charge is -2.12. The molecular formula is C13H17Br2NO. The zero-order valence-corrected chi connectivity index (χ0v) is 13.3. The molecule has 94 valence electrons. The molecule has 17 heavy (non-hydrogen) atoms. The van der Waals surface area contributed by atoms with Gasteiger partial charge >= 0.3 is 0 Å². The molecule has 0 aliphatic carbocycles. The van der Waals surface area contributed by atoms with E-state index in [-0.39, 0.29) is 5.91 Å². The summed E-state index contributed by atoms with van der Waals surface area (Å²) in [6.45, 7) is 4.80. The van der Waals surface area contributed by atoms with E-state index in [0.29, 0.717) is 5.92 Å². The molecule has 0 aliphatic heterocycles. The minimum Gasteiger partial charge on any atom is -0.352 e. The number of carbonyl (C=O) groups excluding carboxylic acids is 1. The Bertz CT molecular complexity index is 393. The summed E-state index contributed by atoms with van der Waals surface area (Å²) in [6.07, 6.45) is 1.07. The largest absolute Gasteiger partial charge is 0.352 e. The molecule has 0 saturated heterocycles. The van der Waals surface area contributed by atoms with Crippen LogP contribution in [-0.4, -0.2) is 17.8 Å². The van der Waals surface area contributed by atoms with Crippen molar-refractivity contribution in [1.29, 1.82) is 0 Å². The molecule has 0 aliphatic rings. The van der Waals surface area contributed by atoms with Crippen molar-refractivity contribution in [3.05, 3.63) is 33.8 Å². The molecule has 1 atom stereocenters. The van der Waals surface area contributed by atoms with E-state index in [1.807, 2.05) is 25.1 Å². The first kappa shape index (κ1) is 14.7. The molecular weight excluding hydrogens is 346 g/mol. The van der Waals surface area contributed by atoms with E-state index in [0.717, 1.165) is 33.9 Å². The molecule has 0 saturated carbocycles. The van der Waals surface area contributed by atoms with Crippen molar-refractivity contribution in [3.63, 3.8) is 0 Å². The number of rotatable bonds is 5. The van der Waals surface area contributed by atoms with Gasteiger partial charge in [-0.1, -0.05) is 44.8 Å². The van der Waals surface area contributed by atoms with Crippen molar-refractivity contribution in [1.82, 2.24) is 5.32 Å². The number of alkyl halides is 1. The van der Waals surface area contributed by atoms with Crippen LogP contribution in [0.15, 0.2) is 22.7 Å². The fourth-order valence-corrected chi connectivity index (χ4v) is 2.63. The highest BCUT2D eigenvalue weighted by molar-refractivity contribution is 9.10. The second-order valence-electron chi connectivity index (χ2n) is 4.25. The Morgan fingerprint density at radius 2 is 2.18 bits per heavy atom. The molecule has 0 bridgehead atoms. The molecule has 4 heteroatoms. The minimum absolute atomic E-state index is 0.00484. The van der Waals surface area contributed by atoms with E-state index in [2.05, 4.69) is 44.1 Å². The van der Waals surface area contributed by atoms with Crippen LogP contribution in [0.3, 0.4) is 0 Å². The fourth-order valence-electron chi connectivity index (χ4n) is 1.49. The summed E-state index contributed by atoms with van der Waals surface area (Å²) < 4.78 is 0.932. The zero-order valence-electron chi connectivity index (χ0n) is 10.1. The molecule has 1 unspecified atom stereocenters. The van der Waals surface area contributed by atoms with Crippen LogP contribution in [0, 0.1) is 12.8 Å². The third-order valence-corrected chi connectivity index (χ3v) is 3.61. The third-order valence-electron chi connectivity index (χ3n) is 2.66. The lowest BCUT2D eigenvalue weighted by Crippen LogP contribution is -2.29. The Labute approximate surface area is 119 Å². The lowest BCUT2D eigenvalue weighted by atomic mass is 10.1. The summed E-state index contributed by atoms with van der Waals surface area (Å²) in [5.74, 6) is 0.496. The SMILES string of the molecule is Cc1ccc(Br)cc1C(=O)NCC(C)CCBr. The smallest absolute Gasteiger partial charge is 0.251 e. The topological polar surface area (TPSA) is 29.1 Å². The molecule has 0 radical (unpaired) electrons. The second kappa shape index (κ2) is 7.17. The summed E-state index contributed by atoms with van der Waals surface area (Å²) in [6, 6.07) is 5.75. The van der Waals surface area contributed by atoms with Crippen molar-refractivity contribution in [2.45, 2.75) is 20.3 Å². The highest BCUT2D eigenvalue weighted by Gasteiger charge is 2.10. The Morgan fingerprint density at radius 3 is 2.82 bits per heavy atom. The van der Waals surface area contributed by atoms with Crippen LogP contribution in [0.2, 0.25) is 0 Å². The average Bonchev–Trinajstić information content (AvgIpc) is 2.29. The van der Waals surface area contributed by atoms with Crippen LogP contribution >= 0.6 is 31.9 Å². The van der Waals surface area contributed by atoms with Gasteiger partial charge in [0.05, 0.1) is 0 Å². The van der Waals surface area contributed by atoms with E-state index in [4.69, 9.17) is 0 Å². The van der Waals surface area contributed by atoms with E-state index < -0.39 is 0 Å². The highest BCUT2D eigenvalue weighted by atomic mass is 79.9. The van der Waals surface area contributed by atoms with Gasteiger partial charge in [0.1, 0.15) is 0 Å². The maximum Gasteiger partial charge on any atom is 0.251 e. The lowest BCUT2D eigenvalue weighted by molar-refractivity contribution is 0.0947. The summed E-state index contributed by atoms with van der Waals surface area (Å²) >= 11 is 6.79. The van der Waals surface area contributed by atoms with Gasteiger partial charge in [-0.3, -0.25) is 4.79 Å². The normalized spacial score (nSPS) is 12.2. The Hall–Kier alpha value is -0.350. The van der Waals surface area contributed by atoms with Gasteiger partial charge in [0.2, 0.25) is 0 Å². The molecule has 1 rings (SSSR count). The molecule has 1 N–H and O–H groups in total. The van der Waals surface area contributed by atoms with Crippen LogP contribution in [-0.2, 0) is 0 Å². The Morgan fingerprint density at radius 1 is 1.47 bits per heavy atom. The molecule has 0 spiro atoms. The van der Waals surface area contributed by atoms with Crippen LogP contribution in [0.4, 0.5) is 0 Å². The number of halogens is 2. The van der Waals surface area contributed by atoms with E-state index in [9.17, 15) is 4.79 Å². The van der Waals surface area contributed by atoms with Gasteiger partial charge in [-0.25, -0.2) is 0 Å². The molecule has 1 aromatic rings. The Kier molecular flexibility index (Phi) is 6.20. The van der Waals surface area contributed by atoms with Gasteiger partial charge in [-0.15, -0.1) is 0 Å². The average molecular weight is 363 g/mol. The van der Waals surface area contributed by atoms with Crippen molar-refractivity contribution >= 4 is 37.8 Å². The quantitative estimate of drug-likeness (QED) is 0.790. The van der Waals surface area contributed by atoms with Gasteiger partial charge in [0.15, 0.2) is 0 Å². The van der Waals surface area contributed by atoms with Gasteiger partial charge in [-0.2, -0.15) is 0 Å². The number of nitrogens with one attached hydrogen (secondary N) is 1. The van der Waals surface area contributed by atoms with Crippen LogP contribution < -0.4 is 5.32 Å². The minimum atomic E-state index is 0.00484. The predicted molar refractivity (Wildman–Crippen MR) is 78.8 cm³/mol. The summed E-state index contributed by atoms with van der Waals surface area (Å²) in [5.41, 5.74) is 1.74. The Balaban J connectivity index is 2.61. The first-order valence-corrected chi connectivity index (χ1v) is 7.56. The van der Waals surface area contributed by atoms with E-state index in [1.54, 1.807) is 0 Å². The van der Waals surface area contributed by atoms with Crippen LogP contribution in [0.25, 0.3) is 0 Å². The number of benzene rings is 1. The maximum atomic E-state index is 12.0. The highest BCUT2D eigenvalue weighted by Crippen LogP contribution is 2.16. The van der Waals surface area contributed by atoms with Crippen LogP contribution in [0.1, 0.15) is 29.3 Å². The number of carbonyl (C=O) groups is 1.